The van der Waals surface area contributed by atoms with Crippen LogP contribution in [-0.4, -0.2) is 36.5 Å². The van der Waals surface area contributed by atoms with E-state index in [0.717, 1.165) is 41.7 Å². The van der Waals surface area contributed by atoms with Crippen molar-refractivity contribution >= 4 is 21.8 Å². The van der Waals surface area contributed by atoms with E-state index in [-0.39, 0.29) is 5.91 Å². The molecule has 0 aromatic heterocycles. The second-order valence-corrected chi connectivity index (χ2v) is 5.56. The van der Waals surface area contributed by atoms with Crippen molar-refractivity contribution in [3.05, 3.63) is 33.8 Å². The van der Waals surface area contributed by atoms with E-state index in [4.69, 9.17) is 0 Å². The highest BCUT2D eigenvalue weighted by molar-refractivity contribution is 9.10. The number of hydrogen-bond donors (Lipinski definition) is 1. The smallest absolute Gasteiger partial charge is 0.254 e. The van der Waals surface area contributed by atoms with Crippen LogP contribution in [0.5, 0.6) is 0 Å². The molecule has 1 fully saturated rings. The van der Waals surface area contributed by atoms with Crippen molar-refractivity contribution in [1.29, 1.82) is 0 Å². The summed E-state index contributed by atoms with van der Waals surface area (Å²) in [5.74, 6) is 0.131. The quantitative estimate of drug-likeness (QED) is 0.930. The Labute approximate surface area is 117 Å². The summed E-state index contributed by atoms with van der Waals surface area (Å²) in [5.41, 5.74) is 1.92. The predicted molar refractivity (Wildman–Crippen MR) is 76.9 cm³/mol. The van der Waals surface area contributed by atoms with Gasteiger partial charge in [-0.2, -0.15) is 0 Å². The van der Waals surface area contributed by atoms with Crippen LogP contribution in [0.4, 0.5) is 0 Å². The lowest BCUT2D eigenvalue weighted by atomic mass is 10.1. The van der Waals surface area contributed by atoms with Crippen molar-refractivity contribution < 1.29 is 4.79 Å². The van der Waals surface area contributed by atoms with Gasteiger partial charge >= 0.3 is 0 Å². The predicted octanol–water partition coefficient (Wildman–Crippen LogP) is 2.58. The summed E-state index contributed by atoms with van der Waals surface area (Å²) in [6.07, 6.45) is 1.05. The summed E-state index contributed by atoms with van der Waals surface area (Å²) in [4.78, 5) is 14.5. The molecule has 1 aromatic carbocycles. The summed E-state index contributed by atoms with van der Waals surface area (Å²) in [6, 6.07) is 6.15. The third kappa shape index (κ3) is 2.75. The molecule has 1 aliphatic rings. The van der Waals surface area contributed by atoms with Gasteiger partial charge in [0.05, 0.1) is 0 Å². The van der Waals surface area contributed by atoms with Gasteiger partial charge in [-0.25, -0.2) is 0 Å². The molecule has 0 spiro atoms. The Morgan fingerprint density at radius 3 is 2.89 bits per heavy atom. The van der Waals surface area contributed by atoms with Gasteiger partial charge in [0, 0.05) is 29.2 Å². The van der Waals surface area contributed by atoms with E-state index in [2.05, 4.69) is 21.2 Å². The van der Waals surface area contributed by atoms with Crippen LogP contribution in [0.1, 0.15) is 29.3 Å². The van der Waals surface area contributed by atoms with Crippen molar-refractivity contribution in [2.75, 3.05) is 19.6 Å². The van der Waals surface area contributed by atoms with Gasteiger partial charge in [-0.1, -0.05) is 22.0 Å². The number of nitrogens with one attached hydrogen (secondary N) is 1. The first-order valence-electron chi connectivity index (χ1n) is 6.41. The van der Waals surface area contributed by atoms with Crippen molar-refractivity contribution in [1.82, 2.24) is 10.2 Å². The van der Waals surface area contributed by atoms with Gasteiger partial charge in [-0.15, -0.1) is 0 Å². The van der Waals surface area contributed by atoms with Crippen molar-refractivity contribution in [3.8, 4) is 0 Å². The van der Waals surface area contributed by atoms with E-state index in [9.17, 15) is 4.79 Å². The number of likely N-dealkylation sites (N-methyl/N-ethyl adjacent to an activating group) is 1. The number of carbonyl (C=O) groups is 1. The molecule has 1 heterocycles. The maximum atomic E-state index is 12.5. The van der Waals surface area contributed by atoms with Gasteiger partial charge < -0.3 is 10.2 Å². The number of hydrogen-bond acceptors (Lipinski definition) is 2. The molecule has 1 saturated heterocycles. The summed E-state index contributed by atoms with van der Waals surface area (Å²) < 4.78 is 0.994. The highest BCUT2D eigenvalue weighted by Gasteiger charge is 2.26. The lowest BCUT2D eigenvalue weighted by Gasteiger charge is -2.27. The standard InChI is InChI=1S/C14H19BrN2O/c1-3-17(12-6-7-16-9-12)14(18)11-5-4-10(2)13(15)8-11/h4-5,8,12,16H,3,6-7,9H2,1-2H3. The van der Waals surface area contributed by atoms with Gasteiger partial charge in [0.15, 0.2) is 0 Å². The minimum absolute atomic E-state index is 0.131. The van der Waals surface area contributed by atoms with Crippen molar-refractivity contribution in [2.24, 2.45) is 0 Å². The van der Waals surface area contributed by atoms with E-state index in [1.807, 2.05) is 36.9 Å². The molecular formula is C14H19BrN2O. The van der Waals surface area contributed by atoms with Crippen LogP contribution in [0.3, 0.4) is 0 Å². The molecule has 0 bridgehead atoms. The number of nitrogens with zero attached hydrogens (tertiary/aromatic N) is 1. The Balaban J connectivity index is 2.19. The Kier molecular flexibility index (Phi) is 4.40. The topological polar surface area (TPSA) is 32.3 Å². The first-order valence-corrected chi connectivity index (χ1v) is 7.20. The molecular weight excluding hydrogens is 292 g/mol. The van der Waals surface area contributed by atoms with Crippen LogP contribution in [0.25, 0.3) is 0 Å². The fourth-order valence-corrected chi connectivity index (χ4v) is 2.74. The minimum Gasteiger partial charge on any atom is -0.335 e. The Morgan fingerprint density at radius 2 is 2.33 bits per heavy atom. The highest BCUT2D eigenvalue weighted by atomic mass is 79.9. The van der Waals surface area contributed by atoms with Crippen LogP contribution in [-0.2, 0) is 0 Å². The molecule has 0 radical (unpaired) electrons. The molecule has 1 aliphatic heterocycles. The summed E-state index contributed by atoms with van der Waals surface area (Å²) in [5, 5.41) is 3.31. The third-order valence-electron chi connectivity index (χ3n) is 3.50. The molecule has 1 aromatic rings. The summed E-state index contributed by atoms with van der Waals surface area (Å²) >= 11 is 3.49. The molecule has 18 heavy (non-hydrogen) atoms. The van der Waals surface area contributed by atoms with E-state index in [1.54, 1.807) is 0 Å². The Morgan fingerprint density at radius 1 is 1.56 bits per heavy atom. The molecule has 98 valence electrons. The maximum absolute atomic E-state index is 12.5. The molecule has 0 saturated carbocycles. The normalized spacial score (nSPS) is 18.9. The van der Waals surface area contributed by atoms with E-state index in [1.165, 1.54) is 0 Å². The first-order chi connectivity index (χ1) is 8.63. The van der Waals surface area contributed by atoms with Crippen LogP contribution in [0.2, 0.25) is 0 Å². The van der Waals surface area contributed by atoms with E-state index >= 15 is 0 Å². The number of halogens is 1. The third-order valence-corrected chi connectivity index (χ3v) is 4.35. The molecule has 1 amide bonds. The van der Waals surface area contributed by atoms with Gasteiger partial charge in [0.2, 0.25) is 0 Å². The second-order valence-electron chi connectivity index (χ2n) is 4.70. The SMILES string of the molecule is CCN(C(=O)c1ccc(C)c(Br)c1)C1CCNC1. The average molecular weight is 311 g/mol. The average Bonchev–Trinajstić information content (AvgIpc) is 2.87. The molecule has 4 heteroatoms. The zero-order chi connectivity index (χ0) is 13.1. The van der Waals surface area contributed by atoms with E-state index < -0.39 is 0 Å². The Bertz CT molecular complexity index is 441. The molecule has 1 unspecified atom stereocenters. The Hall–Kier alpha value is -0.870. The van der Waals surface area contributed by atoms with Gasteiger partial charge in [-0.3, -0.25) is 4.79 Å². The summed E-state index contributed by atoms with van der Waals surface area (Å²) in [6.45, 7) is 6.74. The van der Waals surface area contributed by atoms with Crippen molar-refractivity contribution in [3.63, 3.8) is 0 Å². The number of aryl methyl sites for hydroxylation is 1. The van der Waals surface area contributed by atoms with Crippen LogP contribution in [0, 0.1) is 6.92 Å². The first kappa shape index (κ1) is 13.6. The molecule has 1 atom stereocenters. The zero-order valence-corrected chi connectivity index (χ0v) is 12.5. The lowest BCUT2D eigenvalue weighted by molar-refractivity contribution is 0.0703. The number of rotatable bonds is 3. The molecule has 3 nitrogen and oxygen atoms in total. The number of amides is 1. The van der Waals surface area contributed by atoms with Gasteiger partial charge in [0.1, 0.15) is 0 Å². The molecule has 0 aliphatic carbocycles. The second kappa shape index (κ2) is 5.85. The van der Waals surface area contributed by atoms with E-state index in [0.29, 0.717) is 6.04 Å². The van der Waals surface area contributed by atoms with Crippen LogP contribution < -0.4 is 5.32 Å². The van der Waals surface area contributed by atoms with Crippen molar-refractivity contribution in [2.45, 2.75) is 26.3 Å². The molecule has 2 rings (SSSR count). The van der Waals surface area contributed by atoms with Gasteiger partial charge in [0.25, 0.3) is 5.91 Å². The summed E-state index contributed by atoms with van der Waals surface area (Å²) in [7, 11) is 0. The zero-order valence-electron chi connectivity index (χ0n) is 10.9. The van der Waals surface area contributed by atoms with Crippen LogP contribution in [0.15, 0.2) is 22.7 Å². The lowest BCUT2D eigenvalue weighted by Crippen LogP contribution is -2.41. The monoisotopic (exact) mass is 310 g/mol. The highest BCUT2D eigenvalue weighted by Crippen LogP contribution is 2.20. The van der Waals surface area contributed by atoms with Crippen LogP contribution >= 0.6 is 15.9 Å². The minimum atomic E-state index is 0.131. The number of carbonyl (C=O) groups excluding carboxylic acids is 1. The van der Waals surface area contributed by atoms with Gasteiger partial charge in [-0.05, 0) is 44.5 Å². The fourth-order valence-electron chi connectivity index (χ4n) is 2.36. The largest absolute Gasteiger partial charge is 0.335 e. The maximum Gasteiger partial charge on any atom is 0.254 e. The molecule has 1 N–H and O–H groups in total. The fraction of sp³-hybridized carbons (Fsp3) is 0.500. The number of benzene rings is 1.